The van der Waals surface area contributed by atoms with Crippen LogP contribution >= 0.6 is 24.0 Å². The van der Waals surface area contributed by atoms with Crippen LogP contribution in [0.2, 0.25) is 0 Å². The average molecular weight is 612 g/mol. The van der Waals surface area contributed by atoms with Crippen molar-refractivity contribution in [1.82, 2.24) is 9.47 Å². The smallest absolute Gasteiger partial charge is 0.270 e. The van der Waals surface area contributed by atoms with E-state index < -0.39 is 15.9 Å². The molecule has 9 nitrogen and oxygen atoms in total. The molecule has 0 bridgehead atoms. The first kappa shape index (κ1) is 29.4. The second-order valence-electron chi connectivity index (χ2n) is 10.6. The third-order valence-corrected chi connectivity index (χ3v) is 11.0. The summed E-state index contributed by atoms with van der Waals surface area (Å²) < 4.78 is 26.3. The summed E-state index contributed by atoms with van der Waals surface area (Å²) in [6.45, 7) is 7.09. The van der Waals surface area contributed by atoms with E-state index in [1.807, 2.05) is 18.2 Å². The van der Waals surface area contributed by atoms with Crippen LogP contribution in [-0.4, -0.2) is 71.8 Å². The predicted molar refractivity (Wildman–Crippen MR) is 168 cm³/mol. The molecule has 1 aromatic heterocycles. The molecule has 0 radical (unpaired) electrons. The molecule has 3 fully saturated rings. The Balaban J connectivity index is 1.56. The van der Waals surface area contributed by atoms with Gasteiger partial charge in [-0.25, -0.2) is 8.42 Å². The number of hydrogen-bond acceptors (Lipinski definition) is 9. The van der Waals surface area contributed by atoms with Crippen molar-refractivity contribution in [3.05, 3.63) is 62.3 Å². The zero-order valence-electron chi connectivity index (χ0n) is 23.2. The Bertz CT molecular complexity index is 1600. The van der Waals surface area contributed by atoms with Gasteiger partial charge in [0.05, 0.1) is 22.5 Å². The van der Waals surface area contributed by atoms with Gasteiger partial charge in [0.1, 0.15) is 21.8 Å². The van der Waals surface area contributed by atoms with Crippen LogP contribution < -0.4 is 15.4 Å². The third kappa shape index (κ3) is 5.80. The average Bonchev–Trinajstić information content (AvgIpc) is 3.46. The van der Waals surface area contributed by atoms with Crippen LogP contribution in [0.1, 0.15) is 42.9 Å². The van der Waals surface area contributed by atoms with E-state index in [1.165, 1.54) is 4.90 Å². The van der Waals surface area contributed by atoms with Gasteiger partial charge in [-0.3, -0.25) is 19.1 Å². The summed E-state index contributed by atoms with van der Waals surface area (Å²) >= 11 is 6.68. The van der Waals surface area contributed by atoms with Crippen LogP contribution in [0.4, 0.5) is 11.5 Å². The molecule has 0 spiro atoms. The van der Waals surface area contributed by atoms with Gasteiger partial charge in [0.2, 0.25) is 0 Å². The van der Waals surface area contributed by atoms with Gasteiger partial charge in [-0.1, -0.05) is 55.5 Å². The van der Waals surface area contributed by atoms with Crippen molar-refractivity contribution in [3.8, 4) is 6.07 Å². The number of rotatable bonds is 7. The van der Waals surface area contributed by atoms with Gasteiger partial charge in [0.15, 0.2) is 9.84 Å². The van der Waals surface area contributed by atoms with Crippen molar-refractivity contribution in [2.75, 3.05) is 47.5 Å². The molecule has 0 saturated carbocycles. The minimum absolute atomic E-state index is 0.0416. The molecule has 0 aliphatic carbocycles. The van der Waals surface area contributed by atoms with E-state index in [4.69, 9.17) is 12.2 Å². The summed E-state index contributed by atoms with van der Waals surface area (Å²) in [5, 5.41) is 9.96. The molecule has 12 heteroatoms. The fourth-order valence-corrected chi connectivity index (χ4v) is 8.81. The number of carbonyl (C=O) groups excluding carboxylic acids is 1. The summed E-state index contributed by atoms with van der Waals surface area (Å²) in [5.41, 5.74) is 2.07. The molecule has 1 unspecified atom stereocenters. The lowest BCUT2D eigenvalue weighted by Gasteiger charge is -2.39. The maximum atomic E-state index is 13.6. The Kier molecular flexibility index (Phi) is 8.59. The standard InChI is InChI=1S/C29H33N5O4S3/c1-3-4-11-33-26(32-14-12-31(13-15-32)21-8-6-5-7-9-21)23(20(2)24(18-30)27(33)35)17-25-28(36)34(29(39)40-25)22-10-16-41(37,38)19-22/h5-9,17,22H,3-4,10-16,19H2,1-2H3. The third-order valence-electron chi connectivity index (χ3n) is 7.95. The Morgan fingerprint density at radius 1 is 1.12 bits per heavy atom. The molecule has 5 rings (SSSR count). The fraction of sp³-hybridized carbons (Fsp3) is 0.448. The van der Waals surface area contributed by atoms with E-state index in [0.29, 0.717) is 52.2 Å². The number of carbonyl (C=O) groups is 1. The SMILES string of the molecule is CCCCn1c(N2CCN(c3ccccc3)CC2)c(C=C2SC(=S)N(C3CCS(=O)(=O)C3)C2=O)c(C)c(C#N)c1=O. The molecule has 1 amide bonds. The van der Waals surface area contributed by atoms with Crippen LogP contribution in [0.3, 0.4) is 0 Å². The van der Waals surface area contributed by atoms with Crippen molar-refractivity contribution >= 4 is 61.6 Å². The van der Waals surface area contributed by atoms with Crippen molar-refractivity contribution in [2.45, 2.75) is 45.7 Å². The number of thioether (sulfide) groups is 1. The largest absolute Gasteiger partial charge is 0.368 e. The molecule has 2 aromatic rings. The number of amides is 1. The van der Waals surface area contributed by atoms with E-state index in [-0.39, 0.29) is 28.5 Å². The normalized spacial score (nSPS) is 21.6. The molecule has 3 saturated heterocycles. The summed E-state index contributed by atoms with van der Waals surface area (Å²) in [4.78, 5) is 33.5. The molecular weight excluding hydrogens is 579 g/mol. The summed E-state index contributed by atoms with van der Waals surface area (Å²) in [7, 11) is -3.20. The molecule has 1 atom stereocenters. The molecule has 1 aromatic carbocycles. The molecule has 4 heterocycles. The first-order chi connectivity index (χ1) is 19.6. The monoisotopic (exact) mass is 611 g/mol. The van der Waals surface area contributed by atoms with E-state index in [2.05, 4.69) is 34.9 Å². The number of anilines is 2. The van der Waals surface area contributed by atoms with E-state index >= 15 is 0 Å². The fourth-order valence-electron chi connectivity index (χ4n) is 5.73. The summed E-state index contributed by atoms with van der Waals surface area (Å²) in [6, 6.07) is 11.8. The molecular formula is C29H33N5O4S3. The van der Waals surface area contributed by atoms with Crippen LogP contribution in [0, 0.1) is 18.3 Å². The van der Waals surface area contributed by atoms with E-state index in [1.54, 1.807) is 17.6 Å². The van der Waals surface area contributed by atoms with Gasteiger partial charge in [0.25, 0.3) is 11.5 Å². The maximum absolute atomic E-state index is 13.6. The number of sulfone groups is 1. The number of benzene rings is 1. The van der Waals surface area contributed by atoms with Crippen LogP contribution in [0.15, 0.2) is 40.0 Å². The number of thiocarbonyl (C=S) groups is 1. The number of unbranched alkanes of at least 4 members (excludes halogenated alkanes) is 1. The molecule has 41 heavy (non-hydrogen) atoms. The molecule has 216 valence electrons. The van der Waals surface area contributed by atoms with Gasteiger partial charge < -0.3 is 9.80 Å². The highest BCUT2D eigenvalue weighted by Crippen LogP contribution is 2.38. The van der Waals surface area contributed by atoms with Gasteiger partial charge in [0, 0.05) is 44.0 Å². The number of para-hydroxylation sites is 1. The highest BCUT2D eigenvalue weighted by molar-refractivity contribution is 8.26. The number of nitrogens with zero attached hydrogens (tertiary/aromatic N) is 5. The Hall–Kier alpha value is -3.14. The van der Waals surface area contributed by atoms with Crippen molar-refractivity contribution in [2.24, 2.45) is 0 Å². The minimum Gasteiger partial charge on any atom is -0.368 e. The number of piperazine rings is 1. The quantitative estimate of drug-likeness (QED) is 0.343. The first-order valence-electron chi connectivity index (χ1n) is 13.8. The van der Waals surface area contributed by atoms with Crippen LogP contribution in [0.5, 0.6) is 0 Å². The maximum Gasteiger partial charge on any atom is 0.270 e. The summed E-state index contributed by atoms with van der Waals surface area (Å²) in [6.07, 6.45) is 3.75. The lowest BCUT2D eigenvalue weighted by atomic mass is 10.0. The predicted octanol–water partition coefficient (Wildman–Crippen LogP) is 3.54. The van der Waals surface area contributed by atoms with Crippen LogP contribution in [0.25, 0.3) is 6.08 Å². The van der Waals surface area contributed by atoms with Gasteiger partial charge in [-0.2, -0.15) is 5.26 Å². The second kappa shape index (κ2) is 12.0. The van der Waals surface area contributed by atoms with Gasteiger partial charge >= 0.3 is 0 Å². The second-order valence-corrected chi connectivity index (χ2v) is 14.5. The Morgan fingerprint density at radius 3 is 2.41 bits per heavy atom. The van der Waals surface area contributed by atoms with Gasteiger partial charge in [-0.05, 0) is 43.5 Å². The molecule has 0 N–H and O–H groups in total. The zero-order valence-corrected chi connectivity index (χ0v) is 25.7. The molecule has 3 aliphatic rings. The minimum atomic E-state index is -3.20. The topological polar surface area (TPSA) is 107 Å². The Labute approximate surface area is 250 Å². The van der Waals surface area contributed by atoms with E-state index in [9.17, 15) is 23.3 Å². The van der Waals surface area contributed by atoms with E-state index in [0.717, 1.165) is 43.4 Å². The lowest BCUT2D eigenvalue weighted by Crippen LogP contribution is -2.48. The zero-order chi connectivity index (χ0) is 29.3. The Morgan fingerprint density at radius 2 is 1.80 bits per heavy atom. The van der Waals surface area contributed by atoms with Crippen molar-refractivity contribution in [3.63, 3.8) is 0 Å². The highest BCUT2D eigenvalue weighted by atomic mass is 32.2. The number of nitriles is 1. The van der Waals surface area contributed by atoms with Gasteiger partial charge in [-0.15, -0.1) is 0 Å². The number of aromatic nitrogens is 1. The molecule has 3 aliphatic heterocycles. The van der Waals surface area contributed by atoms with Crippen molar-refractivity contribution < 1.29 is 13.2 Å². The lowest BCUT2D eigenvalue weighted by molar-refractivity contribution is -0.123. The summed E-state index contributed by atoms with van der Waals surface area (Å²) in [5.74, 6) is 0.329. The number of hydrogen-bond donors (Lipinski definition) is 0. The van der Waals surface area contributed by atoms with Crippen molar-refractivity contribution in [1.29, 1.82) is 5.26 Å². The van der Waals surface area contributed by atoms with Crippen LogP contribution in [-0.2, 0) is 21.2 Å². The number of pyridine rings is 1. The highest BCUT2D eigenvalue weighted by Gasteiger charge is 2.42. The first-order valence-corrected chi connectivity index (χ1v) is 16.9.